The van der Waals surface area contributed by atoms with E-state index in [1.54, 1.807) is 0 Å². The van der Waals surface area contributed by atoms with Crippen LogP contribution in [0.25, 0.3) is 22.4 Å². The molecule has 0 saturated carbocycles. The number of ether oxygens (including phenoxy) is 1. The Morgan fingerprint density at radius 3 is 2.24 bits per heavy atom. The van der Waals surface area contributed by atoms with E-state index in [4.69, 9.17) is 21.9 Å². The lowest BCUT2D eigenvalue weighted by Crippen LogP contribution is -2.30. The number of nitrogen functional groups attached to an aromatic ring is 3. The molecule has 0 fully saturated rings. The molecule has 1 unspecified atom stereocenters. The topological polar surface area (TPSA) is 142 Å². The minimum Gasteiger partial charge on any atom is -0.475 e. The molecule has 1 atom stereocenters. The van der Waals surface area contributed by atoms with Gasteiger partial charge < -0.3 is 21.9 Å². The monoisotopic (exact) mass is 340 g/mol. The zero-order valence-corrected chi connectivity index (χ0v) is 14.3. The van der Waals surface area contributed by atoms with Crippen LogP contribution in [0, 0.1) is 0 Å². The molecule has 9 nitrogen and oxygen atoms in total. The van der Waals surface area contributed by atoms with E-state index in [9.17, 15) is 0 Å². The quantitative estimate of drug-likeness (QED) is 0.595. The predicted molar refractivity (Wildman–Crippen MR) is 97.6 cm³/mol. The molecule has 1 aromatic carbocycles. The van der Waals surface area contributed by atoms with Gasteiger partial charge >= 0.3 is 0 Å². The minimum absolute atomic E-state index is 0.0305. The number of hydrogen-bond acceptors (Lipinski definition) is 9. The fourth-order valence-electron chi connectivity index (χ4n) is 2.20. The van der Waals surface area contributed by atoms with Crippen molar-refractivity contribution in [3.05, 3.63) is 24.3 Å². The summed E-state index contributed by atoms with van der Waals surface area (Å²) in [6.07, 6.45) is -0.0428. The zero-order valence-electron chi connectivity index (χ0n) is 14.3. The highest BCUT2D eigenvalue weighted by atomic mass is 16.5. The lowest BCUT2D eigenvalue weighted by molar-refractivity contribution is 0.0815. The largest absolute Gasteiger partial charge is 0.475 e. The highest BCUT2D eigenvalue weighted by Crippen LogP contribution is 2.28. The zero-order chi connectivity index (χ0) is 18.1. The highest BCUT2D eigenvalue weighted by molar-refractivity contribution is 5.87. The second-order valence-corrected chi connectivity index (χ2v) is 5.80. The number of hydrogen-bond donors (Lipinski definition) is 3. The molecule has 0 bridgehead atoms. The number of fused-ring (bicyclic) bond motifs is 1. The summed E-state index contributed by atoms with van der Waals surface area (Å²) in [4.78, 5) is 18.6. The molecule has 0 radical (unpaired) electrons. The van der Waals surface area contributed by atoms with Gasteiger partial charge in [-0.05, 0) is 45.3 Å². The van der Waals surface area contributed by atoms with Gasteiger partial charge in [0.25, 0.3) is 0 Å². The maximum absolute atomic E-state index is 6.02. The van der Waals surface area contributed by atoms with Crippen LogP contribution in [0.3, 0.4) is 0 Å². The van der Waals surface area contributed by atoms with Crippen LogP contribution in [0.15, 0.2) is 24.3 Å². The van der Waals surface area contributed by atoms with E-state index in [0.717, 1.165) is 11.3 Å². The molecule has 0 aliphatic heterocycles. The molecule has 2 heterocycles. The van der Waals surface area contributed by atoms with E-state index in [1.165, 1.54) is 0 Å². The van der Waals surface area contributed by atoms with Crippen LogP contribution >= 0.6 is 0 Å². The van der Waals surface area contributed by atoms with Crippen molar-refractivity contribution in [2.45, 2.75) is 13.2 Å². The molecule has 3 rings (SSSR count). The van der Waals surface area contributed by atoms with Crippen molar-refractivity contribution in [2.75, 3.05) is 31.3 Å². The number of nitrogens with zero attached hydrogens (tertiary/aromatic N) is 5. The van der Waals surface area contributed by atoms with Crippen molar-refractivity contribution < 1.29 is 4.74 Å². The average molecular weight is 340 g/mol. The molecule has 9 heteroatoms. The van der Waals surface area contributed by atoms with Crippen molar-refractivity contribution in [3.63, 3.8) is 0 Å². The first-order valence-corrected chi connectivity index (χ1v) is 7.65. The summed E-state index contributed by atoms with van der Waals surface area (Å²) in [7, 11) is 3.90. The van der Waals surface area contributed by atoms with Crippen molar-refractivity contribution in [1.29, 1.82) is 0 Å². The molecule has 0 saturated heterocycles. The first-order valence-electron chi connectivity index (χ1n) is 7.65. The van der Waals surface area contributed by atoms with Gasteiger partial charge in [-0.25, -0.2) is 9.97 Å². The van der Waals surface area contributed by atoms with E-state index < -0.39 is 0 Å². The Hall–Kier alpha value is -3.20. The maximum Gasteiger partial charge on any atom is 0.224 e. The van der Waals surface area contributed by atoms with E-state index in [1.807, 2.05) is 50.2 Å². The van der Waals surface area contributed by atoms with Crippen LogP contribution in [0.4, 0.5) is 17.6 Å². The minimum atomic E-state index is -0.0428. The Labute approximate surface area is 144 Å². The highest BCUT2D eigenvalue weighted by Gasteiger charge is 2.13. The Morgan fingerprint density at radius 2 is 1.60 bits per heavy atom. The Bertz CT molecular complexity index is 910. The van der Waals surface area contributed by atoms with Gasteiger partial charge in [-0.2, -0.15) is 9.97 Å². The van der Waals surface area contributed by atoms with E-state index in [2.05, 4.69) is 19.9 Å². The molecule has 6 N–H and O–H groups in total. The van der Waals surface area contributed by atoms with Gasteiger partial charge in [0.05, 0.1) is 0 Å². The summed E-state index contributed by atoms with van der Waals surface area (Å²) in [5.41, 5.74) is 19.4. The first kappa shape index (κ1) is 16.7. The van der Waals surface area contributed by atoms with Crippen LogP contribution in [-0.2, 0) is 0 Å². The predicted octanol–water partition coefficient (Wildman–Crippen LogP) is 1.12. The van der Waals surface area contributed by atoms with Crippen molar-refractivity contribution >= 4 is 28.7 Å². The summed E-state index contributed by atoms with van der Waals surface area (Å²) in [6, 6.07) is 7.42. The molecule has 130 valence electrons. The second-order valence-electron chi connectivity index (χ2n) is 5.80. The van der Waals surface area contributed by atoms with Crippen molar-refractivity contribution in [3.8, 4) is 17.0 Å². The fourth-order valence-corrected chi connectivity index (χ4v) is 2.20. The number of benzene rings is 1. The normalized spacial score (nSPS) is 12.5. The summed E-state index contributed by atoms with van der Waals surface area (Å²) >= 11 is 0. The third-order valence-electron chi connectivity index (χ3n) is 3.76. The Morgan fingerprint density at radius 1 is 0.920 bits per heavy atom. The van der Waals surface area contributed by atoms with Gasteiger partial charge in [-0.3, -0.25) is 4.90 Å². The van der Waals surface area contributed by atoms with Crippen LogP contribution < -0.4 is 21.9 Å². The smallest absolute Gasteiger partial charge is 0.224 e. The molecule has 0 aliphatic rings. The Balaban J connectivity index is 1.97. The number of anilines is 3. The number of nitrogens with two attached hydrogens (primary N) is 3. The SMILES string of the molecule is CC(Oc1ccc(-c2nc3c(N)nc(N)nc3nc2N)cc1)N(C)C. The average Bonchev–Trinajstić information content (AvgIpc) is 2.55. The molecule has 0 spiro atoms. The van der Waals surface area contributed by atoms with Gasteiger partial charge in [-0.1, -0.05) is 0 Å². The lowest BCUT2D eigenvalue weighted by atomic mass is 10.1. The molecular weight excluding hydrogens is 320 g/mol. The van der Waals surface area contributed by atoms with Gasteiger partial charge in [0, 0.05) is 5.56 Å². The van der Waals surface area contributed by atoms with Gasteiger partial charge in [0.2, 0.25) is 5.95 Å². The summed E-state index contributed by atoms with van der Waals surface area (Å²) in [5, 5.41) is 0. The maximum atomic E-state index is 6.02. The third kappa shape index (κ3) is 3.36. The van der Waals surface area contributed by atoms with Crippen LogP contribution in [0.5, 0.6) is 5.75 Å². The van der Waals surface area contributed by atoms with Crippen molar-refractivity contribution in [1.82, 2.24) is 24.8 Å². The Kier molecular flexibility index (Phi) is 4.24. The van der Waals surface area contributed by atoms with Crippen molar-refractivity contribution in [2.24, 2.45) is 0 Å². The molecule has 2 aromatic heterocycles. The first-order chi connectivity index (χ1) is 11.8. The molecule has 3 aromatic rings. The summed E-state index contributed by atoms with van der Waals surface area (Å²) in [6.45, 7) is 1.97. The van der Waals surface area contributed by atoms with E-state index >= 15 is 0 Å². The van der Waals surface area contributed by atoms with Gasteiger partial charge in [0.1, 0.15) is 17.7 Å². The third-order valence-corrected chi connectivity index (χ3v) is 3.76. The van der Waals surface area contributed by atoms with E-state index in [-0.39, 0.29) is 29.5 Å². The number of rotatable bonds is 4. The molecular formula is C16H20N8O. The van der Waals surface area contributed by atoms with Gasteiger partial charge in [0.15, 0.2) is 22.8 Å². The van der Waals surface area contributed by atoms with Gasteiger partial charge in [-0.15, -0.1) is 0 Å². The standard InChI is InChI=1S/C16H20N8O/c1-8(24(2)3)25-10-6-4-9(5-7-10)11-13(17)21-15-12(20-11)14(18)22-16(19)23-15/h4-8H,1-3H3,(H6,17,18,19,21,22,23). The summed E-state index contributed by atoms with van der Waals surface area (Å²) < 4.78 is 5.80. The fraction of sp³-hybridized carbons (Fsp3) is 0.250. The van der Waals surface area contributed by atoms with Crippen LogP contribution in [0.2, 0.25) is 0 Å². The molecule has 0 aliphatic carbocycles. The van der Waals surface area contributed by atoms with Crippen LogP contribution in [-0.4, -0.2) is 45.2 Å². The van der Waals surface area contributed by atoms with Crippen LogP contribution in [0.1, 0.15) is 6.92 Å². The number of aromatic nitrogens is 4. The van der Waals surface area contributed by atoms with E-state index in [0.29, 0.717) is 11.2 Å². The molecule has 0 amide bonds. The molecule has 25 heavy (non-hydrogen) atoms. The second kappa shape index (κ2) is 6.36. The lowest BCUT2D eigenvalue weighted by Gasteiger charge is -2.21. The summed E-state index contributed by atoms with van der Waals surface area (Å²) in [5.74, 6) is 1.17.